The third-order valence-corrected chi connectivity index (χ3v) is 3.34. The molecule has 5 nitrogen and oxygen atoms in total. The van der Waals surface area contributed by atoms with E-state index >= 15 is 0 Å². The number of methoxy groups -OCH3 is 1. The predicted molar refractivity (Wildman–Crippen MR) is 57.5 cm³/mol. The van der Waals surface area contributed by atoms with E-state index in [4.69, 9.17) is 9.15 Å². The lowest BCUT2D eigenvalue weighted by atomic mass is 10.2. The summed E-state index contributed by atoms with van der Waals surface area (Å²) in [4.78, 5) is -0.207. The predicted octanol–water partition coefficient (Wildman–Crippen LogP) is 1.55. The van der Waals surface area contributed by atoms with Crippen LogP contribution in [-0.4, -0.2) is 26.9 Å². The van der Waals surface area contributed by atoms with Gasteiger partial charge in [0.1, 0.15) is 11.3 Å². The Bertz CT molecular complexity index is 639. The summed E-state index contributed by atoms with van der Waals surface area (Å²) < 4.78 is 32.9. The highest BCUT2D eigenvalue weighted by Gasteiger charge is 2.22. The lowest BCUT2D eigenvalue weighted by Gasteiger charge is -1.99. The molecule has 0 atom stereocenters. The first kappa shape index (κ1) is 10.8. The zero-order chi connectivity index (χ0) is 11.9. The highest BCUT2D eigenvalue weighted by Crippen LogP contribution is 2.36. The van der Waals surface area contributed by atoms with E-state index in [1.165, 1.54) is 13.2 Å². The summed E-state index contributed by atoms with van der Waals surface area (Å²) in [6, 6.07) is 4.68. The van der Waals surface area contributed by atoms with Gasteiger partial charge in [0.15, 0.2) is 14.7 Å². The Hall–Kier alpha value is -1.69. The van der Waals surface area contributed by atoms with Crippen molar-refractivity contribution in [2.75, 3.05) is 13.4 Å². The van der Waals surface area contributed by atoms with Crippen molar-refractivity contribution in [2.24, 2.45) is 0 Å². The van der Waals surface area contributed by atoms with Gasteiger partial charge >= 0.3 is 5.95 Å². The minimum atomic E-state index is -3.54. The summed E-state index contributed by atoms with van der Waals surface area (Å²) in [5.41, 5.74) is 0.304. The number of rotatable bonds is 2. The molecule has 0 aliphatic heterocycles. The zero-order valence-corrected chi connectivity index (χ0v) is 9.54. The number of ether oxygens (including phenoxy) is 1. The average molecular weight is 242 g/mol. The van der Waals surface area contributed by atoms with E-state index in [9.17, 15) is 13.5 Å². The van der Waals surface area contributed by atoms with E-state index in [1.807, 2.05) is 0 Å². The van der Waals surface area contributed by atoms with Crippen molar-refractivity contribution in [3.05, 3.63) is 18.2 Å². The fourth-order valence-corrected chi connectivity index (χ4v) is 2.44. The maximum absolute atomic E-state index is 11.5. The molecule has 1 aromatic heterocycles. The second kappa shape index (κ2) is 3.41. The van der Waals surface area contributed by atoms with Crippen LogP contribution < -0.4 is 4.74 Å². The summed E-state index contributed by atoms with van der Waals surface area (Å²) >= 11 is 0. The van der Waals surface area contributed by atoms with E-state index in [1.54, 1.807) is 12.1 Å². The average Bonchev–Trinajstić information content (AvgIpc) is 2.51. The molecular formula is C10H10O5S. The Balaban J connectivity index is 2.87. The standard InChI is InChI=1S/C10H10O5S/c1-14-6-3-4-8-7(5-6)9(10(11)15-8)16(2,12)13/h3-5,11H,1-2H3. The van der Waals surface area contributed by atoms with Crippen LogP contribution in [0.1, 0.15) is 0 Å². The summed E-state index contributed by atoms with van der Waals surface area (Å²) in [7, 11) is -2.07. The molecule has 6 heteroatoms. The summed E-state index contributed by atoms with van der Waals surface area (Å²) in [5.74, 6) is -0.0936. The van der Waals surface area contributed by atoms with Gasteiger partial charge in [0, 0.05) is 11.6 Å². The van der Waals surface area contributed by atoms with E-state index < -0.39 is 15.8 Å². The van der Waals surface area contributed by atoms with Gasteiger partial charge in [-0.1, -0.05) is 0 Å². The first-order valence-corrected chi connectivity index (χ1v) is 6.32. The summed E-state index contributed by atoms with van der Waals surface area (Å²) in [6.07, 6.45) is 1.01. The first-order valence-electron chi connectivity index (χ1n) is 4.43. The Morgan fingerprint density at radius 1 is 1.38 bits per heavy atom. The fourth-order valence-electron chi connectivity index (χ4n) is 1.53. The second-order valence-corrected chi connectivity index (χ2v) is 5.32. The second-order valence-electron chi connectivity index (χ2n) is 3.37. The van der Waals surface area contributed by atoms with Gasteiger partial charge in [0.2, 0.25) is 0 Å². The number of aromatic hydroxyl groups is 1. The smallest absolute Gasteiger partial charge is 0.302 e. The van der Waals surface area contributed by atoms with Crippen molar-refractivity contribution in [2.45, 2.75) is 4.90 Å². The Labute approximate surface area is 92.2 Å². The zero-order valence-electron chi connectivity index (χ0n) is 8.72. The number of sulfone groups is 1. The molecule has 0 saturated carbocycles. The number of furan rings is 1. The Morgan fingerprint density at radius 3 is 2.62 bits per heavy atom. The molecule has 0 saturated heterocycles. The fraction of sp³-hybridized carbons (Fsp3) is 0.200. The van der Waals surface area contributed by atoms with Gasteiger partial charge in [-0.3, -0.25) is 0 Å². The molecule has 0 fully saturated rings. The van der Waals surface area contributed by atoms with Crippen LogP contribution in [0.3, 0.4) is 0 Å². The lowest BCUT2D eigenvalue weighted by Crippen LogP contribution is -1.95. The van der Waals surface area contributed by atoms with Gasteiger partial charge in [-0.2, -0.15) is 0 Å². The van der Waals surface area contributed by atoms with Crippen LogP contribution in [0.15, 0.2) is 27.5 Å². The number of hydrogen-bond acceptors (Lipinski definition) is 5. The molecule has 2 aromatic rings. The van der Waals surface area contributed by atoms with Gasteiger partial charge in [-0.05, 0) is 18.2 Å². The molecular weight excluding hydrogens is 232 g/mol. The molecule has 0 bridgehead atoms. The van der Waals surface area contributed by atoms with Gasteiger partial charge in [-0.25, -0.2) is 8.42 Å². The van der Waals surface area contributed by atoms with Crippen LogP contribution in [0.2, 0.25) is 0 Å². The molecule has 1 heterocycles. The third-order valence-electron chi connectivity index (χ3n) is 2.20. The molecule has 16 heavy (non-hydrogen) atoms. The van der Waals surface area contributed by atoms with Crippen LogP contribution in [-0.2, 0) is 9.84 Å². The van der Waals surface area contributed by atoms with Crippen LogP contribution in [0.25, 0.3) is 11.0 Å². The summed E-state index contributed by atoms with van der Waals surface area (Å²) in [6.45, 7) is 0. The van der Waals surface area contributed by atoms with Crippen molar-refractivity contribution in [1.82, 2.24) is 0 Å². The topological polar surface area (TPSA) is 76.7 Å². The number of benzene rings is 1. The molecule has 1 N–H and O–H groups in total. The molecule has 0 aliphatic carbocycles. The highest BCUT2D eigenvalue weighted by atomic mass is 32.2. The quantitative estimate of drug-likeness (QED) is 0.864. The van der Waals surface area contributed by atoms with Crippen LogP contribution in [0.4, 0.5) is 0 Å². The van der Waals surface area contributed by atoms with Crippen molar-refractivity contribution in [3.63, 3.8) is 0 Å². The Kier molecular flexibility index (Phi) is 2.31. The first-order chi connectivity index (χ1) is 7.43. The monoisotopic (exact) mass is 242 g/mol. The molecule has 0 spiro atoms. The Morgan fingerprint density at radius 2 is 2.06 bits per heavy atom. The number of hydrogen-bond donors (Lipinski definition) is 1. The normalized spacial score (nSPS) is 11.9. The lowest BCUT2D eigenvalue weighted by molar-refractivity contribution is 0.334. The minimum absolute atomic E-state index is 0.207. The van der Waals surface area contributed by atoms with Crippen molar-refractivity contribution in [1.29, 1.82) is 0 Å². The SMILES string of the molecule is COc1ccc2oc(O)c(S(C)(=O)=O)c2c1. The van der Waals surface area contributed by atoms with Crippen molar-refractivity contribution < 1.29 is 22.7 Å². The molecule has 0 unspecified atom stereocenters. The van der Waals surface area contributed by atoms with Crippen LogP contribution in [0.5, 0.6) is 11.7 Å². The molecule has 0 aliphatic rings. The van der Waals surface area contributed by atoms with Crippen LogP contribution in [0, 0.1) is 0 Å². The van der Waals surface area contributed by atoms with Gasteiger partial charge in [0.05, 0.1) is 7.11 Å². The van der Waals surface area contributed by atoms with Crippen molar-refractivity contribution >= 4 is 20.8 Å². The van der Waals surface area contributed by atoms with E-state index in [2.05, 4.69) is 0 Å². The van der Waals surface area contributed by atoms with Crippen LogP contribution >= 0.6 is 0 Å². The molecule has 1 aromatic carbocycles. The molecule has 0 radical (unpaired) electrons. The minimum Gasteiger partial charge on any atom is -0.497 e. The molecule has 2 rings (SSSR count). The van der Waals surface area contributed by atoms with E-state index in [0.717, 1.165) is 6.26 Å². The van der Waals surface area contributed by atoms with Gasteiger partial charge < -0.3 is 14.3 Å². The maximum atomic E-state index is 11.5. The van der Waals surface area contributed by atoms with Gasteiger partial charge in [-0.15, -0.1) is 0 Å². The van der Waals surface area contributed by atoms with Crippen molar-refractivity contribution in [3.8, 4) is 11.7 Å². The maximum Gasteiger partial charge on any atom is 0.302 e. The largest absolute Gasteiger partial charge is 0.497 e. The van der Waals surface area contributed by atoms with E-state index in [-0.39, 0.29) is 4.90 Å². The van der Waals surface area contributed by atoms with Gasteiger partial charge in [0.25, 0.3) is 0 Å². The van der Waals surface area contributed by atoms with E-state index in [0.29, 0.717) is 16.7 Å². The molecule has 0 amide bonds. The highest BCUT2D eigenvalue weighted by molar-refractivity contribution is 7.91. The number of fused-ring (bicyclic) bond motifs is 1. The molecule has 86 valence electrons. The third kappa shape index (κ3) is 1.61. The summed E-state index contributed by atoms with van der Waals surface area (Å²) in [5, 5.41) is 9.77.